The van der Waals surface area contributed by atoms with Gasteiger partial charge >= 0.3 is 11.9 Å². The molecular weight excluding hydrogens is 378 g/mol. The summed E-state index contributed by atoms with van der Waals surface area (Å²) in [6.07, 6.45) is 4.37. The first kappa shape index (κ1) is 21.8. The van der Waals surface area contributed by atoms with Crippen LogP contribution in [0.15, 0.2) is 60.7 Å². The summed E-state index contributed by atoms with van der Waals surface area (Å²) in [5.74, 6) is -1.32. The van der Waals surface area contributed by atoms with Gasteiger partial charge in [0, 0.05) is 13.0 Å². The molecule has 1 aliphatic rings. The molecule has 0 saturated carbocycles. The van der Waals surface area contributed by atoms with E-state index < -0.39 is 17.9 Å². The summed E-state index contributed by atoms with van der Waals surface area (Å²) in [6.45, 7) is 0.431. The fourth-order valence-corrected chi connectivity index (χ4v) is 4.22. The Morgan fingerprint density at radius 2 is 1.67 bits per heavy atom. The summed E-state index contributed by atoms with van der Waals surface area (Å²) in [5, 5.41) is 0. The first-order chi connectivity index (χ1) is 14.6. The predicted octanol–water partition coefficient (Wildman–Crippen LogP) is 3.92. The maximum atomic E-state index is 12.9. The van der Waals surface area contributed by atoms with Crippen molar-refractivity contribution in [2.24, 2.45) is 0 Å². The smallest absolute Gasteiger partial charge is 0.396 e. The van der Waals surface area contributed by atoms with Crippen LogP contribution in [0.3, 0.4) is 0 Å². The maximum Gasteiger partial charge on any atom is 0.396 e. The van der Waals surface area contributed by atoms with E-state index in [2.05, 4.69) is 29.0 Å². The number of Topliss-reactive ketones (excluding diaryl/α,β-unsaturated/α-hetero) is 1. The molecule has 2 atom stereocenters. The third-order valence-corrected chi connectivity index (χ3v) is 5.88. The Morgan fingerprint density at radius 1 is 1.00 bits per heavy atom. The average molecular weight is 408 g/mol. The van der Waals surface area contributed by atoms with Gasteiger partial charge in [-0.15, -0.1) is 0 Å². The van der Waals surface area contributed by atoms with E-state index in [9.17, 15) is 14.4 Å². The average Bonchev–Trinajstić information content (AvgIpc) is 3.29. The van der Waals surface area contributed by atoms with E-state index in [-0.39, 0.29) is 11.7 Å². The van der Waals surface area contributed by atoms with E-state index in [1.807, 2.05) is 36.4 Å². The number of methoxy groups -OCH3 is 1. The molecule has 158 valence electrons. The van der Waals surface area contributed by atoms with Gasteiger partial charge in [0.1, 0.15) is 0 Å². The number of carbonyl (C=O) groups is 3. The highest BCUT2D eigenvalue weighted by atomic mass is 16.5. The van der Waals surface area contributed by atoms with Gasteiger partial charge in [-0.1, -0.05) is 60.7 Å². The maximum absolute atomic E-state index is 12.9. The third kappa shape index (κ3) is 5.56. The van der Waals surface area contributed by atoms with E-state index in [0.29, 0.717) is 19.4 Å². The fraction of sp³-hybridized carbons (Fsp3) is 0.400. The Balaban J connectivity index is 1.63. The molecule has 0 spiro atoms. The van der Waals surface area contributed by atoms with Gasteiger partial charge in [0.05, 0.1) is 13.2 Å². The normalized spacial score (nSPS) is 16.8. The highest BCUT2D eigenvalue weighted by Gasteiger charge is 2.37. The lowest BCUT2D eigenvalue weighted by molar-refractivity contribution is -0.159. The van der Waals surface area contributed by atoms with Gasteiger partial charge in [0.25, 0.3) is 0 Å². The number of amides is 1. The zero-order valence-electron chi connectivity index (χ0n) is 17.5. The molecule has 3 rings (SSSR count). The van der Waals surface area contributed by atoms with Crippen LogP contribution in [0.25, 0.3) is 0 Å². The Hall–Kier alpha value is -2.95. The second-order valence-corrected chi connectivity index (χ2v) is 7.79. The molecule has 1 saturated heterocycles. The van der Waals surface area contributed by atoms with Gasteiger partial charge in [0.2, 0.25) is 0 Å². The number of aryl methyl sites for hydroxylation is 1. The molecule has 2 aromatic rings. The Bertz CT molecular complexity index is 850. The summed E-state index contributed by atoms with van der Waals surface area (Å²) in [6, 6.07) is 20.1. The van der Waals surface area contributed by atoms with Gasteiger partial charge in [-0.25, -0.2) is 4.79 Å². The number of ketones is 1. The zero-order valence-corrected chi connectivity index (χ0v) is 17.5. The lowest BCUT2D eigenvalue weighted by Crippen LogP contribution is -2.44. The van der Waals surface area contributed by atoms with Crippen LogP contribution in [0.4, 0.5) is 0 Å². The predicted molar refractivity (Wildman–Crippen MR) is 115 cm³/mol. The Kier molecular flexibility index (Phi) is 7.77. The van der Waals surface area contributed by atoms with Crippen molar-refractivity contribution in [1.29, 1.82) is 0 Å². The van der Waals surface area contributed by atoms with Crippen molar-refractivity contribution < 1.29 is 19.1 Å². The number of rotatable bonds is 8. The topological polar surface area (TPSA) is 63.7 Å². The summed E-state index contributed by atoms with van der Waals surface area (Å²) in [5.41, 5.74) is 2.52. The summed E-state index contributed by atoms with van der Waals surface area (Å²) < 4.78 is 4.54. The molecule has 1 aliphatic heterocycles. The monoisotopic (exact) mass is 407 g/mol. The van der Waals surface area contributed by atoms with Crippen LogP contribution < -0.4 is 0 Å². The molecule has 0 aromatic heterocycles. The van der Waals surface area contributed by atoms with Crippen LogP contribution in [-0.2, 0) is 25.5 Å². The molecule has 1 fully saturated rings. The summed E-state index contributed by atoms with van der Waals surface area (Å²) >= 11 is 0. The second-order valence-electron chi connectivity index (χ2n) is 7.79. The fourth-order valence-electron chi connectivity index (χ4n) is 4.22. The first-order valence-corrected chi connectivity index (χ1v) is 10.6. The van der Waals surface area contributed by atoms with Gasteiger partial charge in [0.15, 0.2) is 5.78 Å². The van der Waals surface area contributed by atoms with Crippen LogP contribution in [0.2, 0.25) is 0 Å². The van der Waals surface area contributed by atoms with E-state index >= 15 is 0 Å². The minimum atomic E-state index is -0.903. The summed E-state index contributed by atoms with van der Waals surface area (Å²) in [7, 11) is 1.18. The van der Waals surface area contributed by atoms with Crippen molar-refractivity contribution in [2.75, 3.05) is 13.7 Å². The van der Waals surface area contributed by atoms with Crippen molar-refractivity contribution in [2.45, 2.75) is 50.5 Å². The van der Waals surface area contributed by atoms with E-state index in [0.717, 1.165) is 25.7 Å². The number of benzene rings is 2. The Labute approximate surface area is 178 Å². The summed E-state index contributed by atoms with van der Waals surface area (Å²) in [4.78, 5) is 38.1. The molecule has 0 bridgehead atoms. The van der Waals surface area contributed by atoms with E-state index in [4.69, 9.17) is 0 Å². The van der Waals surface area contributed by atoms with Gasteiger partial charge in [-0.3, -0.25) is 9.59 Å². The lowest BCUT2D eigenvalue weighted by atomic mass is 9.87. The number of hydrogen-bond donors (Lipinski definition) is 0. The number of carbonyl (C=O) groups excluding carboxylic acids is 3. The molecule has 1 amide bonds. The van der Waals surface area contributed by atoms with Gasteiger partial charge < -0.3 is 9.64 Å². The van der Waals surface area contributed by atoms with Crippen LogP contribution >= 0.6 is 0 Å². The Morgan fingerprint density at radius 3 is 2.33 bits per heavy atom. The number of esters is 1. The molecule has 0 radical (unpaired) electrons. The van der Waals surface area contributed by atoms with Crippen molar-refractivity contribution >= 4 is 17.7 Å². The van der Waals surface area contributed by atoms with Crippen molar-refractivity contribution in [1.82, 2.24) is 4.90 Å². The molecule has 5 heteroatoms. The van der Waals surface area contributed by atoms with Crippen molar-refractivity contribution in [3.63, 3.8) is 0 Å². The lowest BCUT2D eigenvalue weighted by Gasteiger charge is -2.23. The highest BCUT2D eigenvalue weighted by molar-refractivity contribution is 6.32. The largest absolute Gasteiger partial charge is 0.462 e. The number of nitrogens with zero attached hydrogens (tertiary/aromatic N) is 1. The SMILES string of the molecule is COC(=O)C(=O)N1CCCC1C(=O)CCC(CCc1ccccc1)c1ccccc1. The van der Waals surface area contributed by atoms with Crippen LogP contribution in [0, 0.1) is 0 Å². The van der Waals surface area contributed by atoms with Crippen LogP contribution in [0.5, 0.6) is 0 Å². The van der Waals surface area contributed by atoms with Gasteiger partial charge in [-0.05, 0) is 49.1 Å². The molecule has 30 heavy (non-hydrogen) atoms. The van der Waals surface area contributed by atoms with Crippen LogP contribution in [-0.4, -0.2) is 42.3 Å². The van der Waals surface area contributed by atoms with Crippen molar-refractivity contribution in [3.8, 4) is 0 Å². The number of likely N-dealkylation sites (tertiary alicyclic amines) is 1. The molecule has 0 N–H and O–H groups in total. The van der Waals surface area contributed by atoms with Gasteiger partial charge in [-0.2, -0.15) is 0 Å². The van der Waals surface area contributed by atoms with Crippen molar-refractivity contribution in [3.05, 3.63) is 71.8 Å². The number of hydrogen-bond acceptors (Lipinski definition) is 4. The third-order valence-electron chi connectivity index (χ3n) is 5.88. The quantitative estimate of drug-likeness (QED) is 0.492. The minimum Gasteiger partial charge on any atom is -0.462 e. The second kappa shape index (κ2) is 10.7. The first-order valence-electron chi connectivity index (χ1n) is 10.6. The molecule has 1 heterocycles. The van der Waals surface area contributed by atoms with E-state index in [1.165, 1.54) is 23.1 Å². The standard InChI is InChI=1S/C25H29NO4/c1-30-25(29)24(28)26-18-8-13-22(26)23(27)17-16-21(20-11-6-3-7-12-20)15-14-19-9-4-2-5-10-19/h2-7,9-12,21-22H,8,13-18H2,1H3. The zero-order chi connectivity index (χ0) is 21.3. The molecule has 2 aromatic carbocycles. The number of ether oxygens (including phenoxy) is 1. The molecule has 2 unspecified atom stereocenters. The molecule has 0 aliphatic carbocycles. The molecule has 5 nitrogen and oxygen atoms in total. The molecular formula is C25H29NO4. The highest BCUT2D eigenvalue weighted by Crippen LogP contribution is 2.28. The minimum absolute atomic E-state index is 0.0328. The van der Waals surface area contributed by atoms with E-state index in [1.54, 1.807) is 0 Å². The van der Waals surface area contributed by atoms with Crippen LogP contribution in [0.1, 0.15) is 49.1 Å².